The molecule has 0 heterocycles. The molecule has 0 atom stereocenters. The summed E-state index contributed by atoms with van der Waals surface area (Å²) in [5, 5.41) is 21.3. The van der Waals surface area contributed by atoms with Crippen LogP contribution >= 0.6 is 11.6 Å². The van der Waals surface area contributed by atoms with E-state index in [0.717, 1.165) is 36.4 Å². The summed E-state index contributed by atoms with van der Waals surface area (Å²) in [6.07, 6.45) is 0. The first-order valence-corrected chi connectivity index (χ1v) is 6.88. The van der Waals surface area contributed by atoms with Gasteiger partial charge < -0.3 is 4.74 Å². The first-order chi connectivity index (χ1) is 11.7. The molecular weight excluding hydrogens is 369 g/mol. The first kappa shape index (κ1) is 18.5. The molecule has 0 aromatic heterocycles. The van der Waals surface area contributed by atoms with Crippen LogP contribution in [0.5, 0.6) is 11.5 Å². The lowest BCUT2D eigenvalue weighted by atomic mass is 10.1. The smallest absolute Gasteiger partial charge is 0.349 e. The van der Waals surface area contributed by atoms with Crippen molar-refractivity contribution in [1.29, 1.82) is 0 Å². The minimum atomic E-state index is -3.71. The molecular formula is C14H8ClF3N2O5. The molecule has 0 fully saturated rings. The Hall–Kier alpha value is -2.88. The van der Waals surface area contributed by atoms with Crippen molar-refractivity contribution in [2.45, 2.75) is 5.92 Å². The third kappa shape index (κ3) is 3.97. The van der Waals surface area contributed by atoms with E-state index >= 15 is 0 Å². The number of hydrogen-bond acceptors (Lipinski definition) is 5. The molecule has 0 spiro atoms. The van der Waals surface area contributed by atoms with Gasteiger partial charge in [0, 0.05) is 11.6 Å². The van der Waals surface area contributed by atoms with Crippen LogP contribution in [0.15, 0.2) is 36.4 Å². The monoisotopic (exact) mass is 376 g/mol. The third-order valence-electron chi connectivity index (χ3n) is 3.09. The van der Waals surface area contributed by atoms with Crippen LogP contribution < -0.4 is 4.74 Å². The van der Waals surface area contributed by atoms with Gasteiger partial charge in [0.05, 0.1) is 20.9 Å². The number of benzene rings is 2. The van der Waals surface area contributed by atoms with Crippen LogP contribution in [0.4, 0.5) is 24.5 Å². The van der Waals surface area contributed by atoms with Gasteiger partial charge in [0.15, 0.2) is 6.67 Å². The number of nitro groups is 2. The van der Waals surface area contributed by atoms with E-state index < -0.39 is 39.4 Å². The summed E-state index contributed by atoms with van der Waals surface area (Å²) in [5.41, 5.74) is -2.21. The largest absolute Gasteiger partial charge is 0.456 e. The Morgan fingerprint density at radius 1 is 1.04 bits per heavy atom. The number of hydrogen-bond donors (Lipinski definition) is 0. The molecule has 2 rings (SSSR count). The summed E-state index contributed by atoms with van der Waals surface area (Å²) in [6, 6.07) is 5.49. The van der Waals surface area contributed by atoms with Gasteiger partial charge in [-0.1, -0.05) is 11.6 Å². The van der Waals surface area contributed by atoms with Gasteiger partial charge in [-0.3, -0.25) is 20.2 Å². The molecule has 0 saturated heterocycles. The molecule has 25 heavy (non-hydrogen) atoms. The molecule has 0 aliphatic carbocycles. The lowest BCUT2D eigenvalue weighted by Gasteiger charge is -2.14. The number of halogens is 4. The van der Waals surface area contributed by atoms with Crippen LogP contribution in [0.25, 0.3) is 0 Å². The predicted octanol–water partition coefficient (Wildman–Crippen LogP) is 5.01. The molecule has 2 aromatic rings. The fraction of sp³-hybridized carbons (Fsp3) is 0.143. The zero-order valence-electron chi connectivity index (χ0n) is 12.1. The van der Waals surface area contributed by atoms with Gasteiger partial charge in [0.1, 0.15) is 11.5 Å². The van der Waals surface area contributed by atoms with Crippen molar-refractivity contribution in [3.63, 3.8) is 0 Å². The van der Waals surface area contributed by atoms with Crippen LogP contribution in [0.3, 0.4) is 0 Å². The van der Waals surface area contributed by atoms with Crippen molar-refractivity contribution in [2.75, 3.05) is 6.67 Å². The molecule has 7 nitrogen and oxygen atoms in total. The third-order valence-corrected chi connectivity index (χ3v) is 3.39. The number of rotatable bonds is 6. The highest BCUT2D eigenvalue weighted by Gasteiger charge is 2.32. The fourth-order valence-electron chi connectivity index (χ4n) is 1.88. The number of ether oxygens (including phenoxy) is 1. The molecule has 2 aromatic carbocycles. The number of alkyl halides is 3. The van der Waals surface area contributed by atoms with Gasteiger partial charge in [0.25, 0.3) is 0 Å². The van der Waals surface area contributed by atoms with E-state index in [4.69, 9.17) is 16.3 Å². The summed E-state index contributed by atoms with van der Waals surface area (Å²) in [5.74, 6) is -4.01. The summed E-state index contributed by atoms with van der Waals surface area (Å²) >= 11 is 5.80. The zero-order valence-corrected chi connectivity index (χ0v) is 12.9. The molecule has 0 aliphatic rings. The normalized spacial score (nSPS) is 11.2. The molecule has 11 heteroatoms. The van der Waals surface area contributed by atoms with Gasteiger partial charge in [-0.15, -0.1) is 0 Å². The standard InChI is InChI=1S/C14H8ClF3N2O5/c15-10-5-8(14(17,18)7-16)1-4-13(10)25-9-2-3-11(19(21)22)12(6-9)20(23)24/h1-6H,7H2. The van der Waals surface area contributed by atoms with Crippen molar-refractivity contribution in [3.8, 4) is 11.5 Å². The Balaban J connectivity index is 2.36. The number of nitrogens with zero attached hydrogens (tertiary/aromatic N) is 2. The molecule has 0 amide bonds. The van der Waals surface area contributed by atoms with Gasteiger partial charge in [-0.2, -0.15) is 8.78 Å². The van der Waals surface area contributed by atoms with E-state index in [2.05, 4.69) is 0 Å². The van der Waals surface area contributed by atoms with Gasteiger partial charge in [0.2, 0.25) is 0 Å². The van der Waals surface area contributed by atoms with Crippen molar-refractivity contribution in [2.24, 2.45) is 0 Å². The zero-order chi connectivity index (χ0) is 18.8. The SMILES string of the molecule is O=[N+]([O-])c1ccc(Oc2ccc(C(F)(F)CF)cc2Cl)cc1[N+](=O)[O-]. The molecule has 0 bridgehead atoms. The second-order valence-electron chi connectivity index (χ2n) is 4.75. The van der Waals surface area contributed by atoms with Crippen LogP contribution in [0.2, 0.25) is 5.02 Å². The second kappa shape index (κ2) is 6.93. The van der Waals surface area contributed by atoms with E-state index in [1.54, 1.807) is 0 Å². The van der Waals surface area contributed by atoms with Gasteiger partial charge >= 0.3 is 17.3 Å². The average Bonchev–Trinajstić information content (AvgIpc) is 2.56. The number of nitro benzene ring substituents is 2. The highest BCUT2D eigenvalue weighted by molar-refractivity contribution is 6.32. The van der Waals surface area contributed by atoms with E-state index in [1.165, 1.54) is 0 Å². The second-order valence-corrected chi connectivity index (χ2v) is 5.16. The van der Waals surface area contributed by atoms with Crippen molar-refractivity contribution < 1.29 is 27.8 Å². The van der Waals surface area contributed by atoms with Gasteiger partial charge in [-0.05, 0) is 24.3 Å². The lowest BCUT2D eigenvalue weighted by molar-refractivity contribution is -0.422. The summed E-state index contributed by atoms with van der Waals surface area (Å²) in [7, 11) is 0. The molecule has 0 N–H and O–H groups in total. The van der Waals surface area contributed by atoms with Crippen molar-refractivity contribution in [1.82, 2.24) is 0 Å². The van der Waals surface area contributed by atoms with Crippen molar-refractivity contribution >= 4 is 23.0 Å². The fourth-order valence-corrected chi connectivity index (χ4v) is 2.10. The molecule has 0 unspecified atom stereocenters. The Kier molecular flexibility index (Phi) is 5.12. The molecule has 0 radical (unpaired) electrons. The minimum absolute atomic E-state index is 0.136. The maximum Gasteiger partial charge on any atom is 0.349 e. The van der Waals surface area contributed by atoms with Crippen LogP contribution in [-0.2, 0) is 5.92 Å². The Morgan fingerprint density at radius 2 is 1.68 bits per heavy atom. The summed E-state index contributed by atoms with van der Waals surface area (Å²) in [6.45, 7) is -1.90. The summed E-state index contributed by atoms with van der Waals surface area (Å²) < 4.78 is 44.1. The predicted molar refractivity (Wildman–Crippen MR) is 81.1 cm³/mol. The average molecular weight is 377 g/mol. The first-order valence-electron chi connectivity index (χ1n) is 6.50. The molecule has 132 valence electrons. The van der Waals surface area contributed by atoms with Crippen LogP contribution in [-0.4, -0.2) is 16.5 Å². The quantitative estimate of drug-likeness (QED) is 0.521. The van der Waals surface area contributed by atoms with E-state index in [-0.39, 0.29) is 16.5 Å². The maximum absolute atomic E-state index is 13.3. The van der Waals surface area contributed by atoms with Gasteiger partial charge in [-0.25, -0.2) is 4.39 Å². The van der Waals surface area contributed by atoms with Crippen LogP contribution in [0, 0.1) is 20.2 Å². The maximum atomic E-state index is 13.3. The molecule has 0 aliphatic heterocycles. The van der Waals surface area contributed by atoms with Crippen LogP contribution in [0.1, 0.15) is 5.56 Å². The summed E-state index contributed by atoms with van der Waals surface area (Å²) in [4.78, 5) is 19.7. The van der Waals surface area contributed by atoms with E-state index in [9.17, 15) is 33.4 Å². The molecule has 0 saturated carbocycles. The highest BCUT2D eigenvalue weighted by atomic mass is 35.5. The Bertz CT molecular complexity index is 847. The lowest BCUT2D eigenvalue weighted by Crippen LogP contribution is -2.15. The van der Waals surface area contributed by atoms with Crippen molar-refractivity contribution in [3.05, 3.63) is 67.2 Å². The Morgan fingerprint density at radius 3 is 2.20 bits per heavy atom. The Labute approximate surface area is 142 Å². The topological polar surface area (TPSA) is 95.5 Å². The highest BCUT2D eigenvalue weighted by Crippen LogP contribution is 2.38. The van der Waals surface area contributed by atoms with E-state index in [0.29, 0.717) is 0 Å². The van der Waals surface area contributed by atoms with E-state index in [1.807, 2.05) is 0 Å². The minimum Gasteiger partial charge on any atom is -0.456 e.